The Morgan fingerprint density at radius 2 is 2.29 bits per heavy atom. The molecule has 2 heterocycles. The number of esters is 1. The molecule has 0 amide bonds. The van der Waals surface area contributed by atoms with Crippen LogP contribution in [0.5, 0.6) is 0 Å². The van der Waals surface area contributed by atoms with E-state index in [0.717, 1.165) is 11.5 Å². The van der Waals surface area contributed by atoms with E-state index in [-0.39, 0.29) is 12.4 Å². The Bertz CT molecular complexity index is 534. The third-order valence-corrected chi connectivity index (χ3v) is 3.69. The second-order valence-electron chi connectivity index (χ2n) is 3.16. The summed E-state index contributed by atoms with van der Waals surface area (Å²) in [5.41, 5.74) is 0.517. The summed E-state index contributed by atoms with van der Waals surface area (Å²) >= 11 is 2.28. The molecule has 0 radical (unpaired) electrons. The summed E-state index contributed by atoms with van der Waals surface area (Å²) in [7, 11) is 0. The molecule has 0 aliphatic heterocycles. The highest BCUT2D eigenvalue weighted by atomic mass is 32.1. The SMILES string of the molecule is Cc1nnsc1C(=O)OCC(=O)c1cccs1. The molecule has 88 valence electrons. The fourth-order valence-corrected chi connectivity index (χ4v) is 2.33. The van der Waals surface area contributed by atoms with E-state index in [2.05, 4.69) is 9.59 Å². The molecule has 0 bridgehead atoms. The van der Waals surface area contributed by atoms with Gasteiger partial charge in [-0.15, -0.1) is 16.4 Å². The smallest absolute Gasteiger partial charge is 0.352 e. The Kier molecular flexibility index (Phi) is 3.60. The molecule has 0 saturated carbocycles. The number of aromatic nitrogens is 2. The molecule has 17 heavy (non-hydrogen) atoms. The minimum absolute atomic E-state index is 0.205. The average molecular weight is 268 g/mol. The molecule has 0 saturated heterocycles. The van der Waals surface area contributed by atoms with Crippen LogP contribution in [0.25, 0.3) is 0 Å². The number of aryl methyl sites for hydroxylation is 1. The summed E-state index contributed by atoms with van der Waals surface area (Å²) in [6, 6.07) is 3.47. The number of ketones is 1. The van der Waals surface area contributed by atoms with Gasteiger partial charge in [0.05, 0.1) is 10.6 Å². The lowest BCUT2D eigenvalue weighted by Gasteiger charge is -2.00. The zero-order valence-electron chi connectivity index (χ0n) is 8.87. The number of carbonyl (C=O) groups excluding carboxylic acids is 2. The number of hydrogen-bond acceptors (Lipinski definition) is 7. The number of carbonyl (C=O) groups is 2. The van der Waals surface area contributed by atoms with Crippen molar-refractivity contribution in [2.24, 2.45) is 0 Å². The van der Waals surface area contributed by atoms with Crippen LogP contribution in [0, 0.1) is 6.92 Å². The van der Waals surface area contributed by atoms with Gasteiger partial charge in [0.15, 0.2) is 11.5 Å². The lowest BCUT2D eigenvalue weighted by Crippen LogP contribution is -2.13. The number of hydrogen-bond donors (Lipinski definition) is 0. The maximum Gasteiger partial charge on any atom is 0.352 e. The number of nitrogens with zero attached hydrogens (tertiary/aromatic N) is 2. The maximum atomic E-state index is 11.6. The minimum Gasteiger partial charge on any atom is -0.453 e. The quantitative estimate of drug-likeness (QED) is 0.626. The third-order valence-electron chi connectivity index (χ3n) is 1.97. The third kappa shape index (κ3) is 2.75. The minimum atomic E-state index is -0.553. The predicted molar refractivity (Wildman–Crippen MR) is 63.6 cm³/mol. The van der Waals surface area contributed by atoms with Crippen LogP contribution in [0.2, 0.25) is 0 Å². The lowest BCUT2D eigenvalue weighted by atomic mass is 10.3. The van der Waals surface area contributed by atoms with Gasteiger partial charge in [0.2, 0.25) is 5.78 Å². The Morgan fingerprint density at radius 1 is 1.47 bits per heavy atom. The zero-order chi connectivity index (χ0) is 12.3. The molecular formula is C10H8N2O3S2. The van der Waals surface area contributed by atoms with Crippen LogP contribution in [0.1, 0.15) is 25.0 Å². The standard InChI is InChI=1S/C10H8N2O3S2/c1-6-9(17-12-11-6)10(14)15-5-7(13)8-3-2-4-16-8/h2-4H,5H2,1H3. The van der Waals surface area contributed by atoms with E-state index in [1.807, 2.05) is 0 Å². The van der Waals surface area contributed by atoms with Crippen molar-refractivity contribution < 1.29 is 14.3 Å². The van der Waals surface area contributed by atoms with E-state index in [4.69, 9.17) is 4.74 Å². The molecule has 0 N–H and O–H groups in total. The first-order chi connectivity index (χ1) is 8.18. The van der Waals surface area contributed by atoms with E-state index < -0.39 is 5.97 Å². The first kappa shape index (κ1) is 11.9. The summed E-state index contributed by atoms with van der Waals surface area (Å²) in [5, 5.41) is 5.50. The van der Waals surface area contributed by atoms with Crippen LogP contribution in [-0.4, -0.2) is 27.9 Å². The summed E-state index contributed by atoms with van der Waals surface area (Å²) in [6.45, 7) is 1.41. The molecule has 0 aliphatic rings. The Labute approximate surface area is 105 Å². The highest BCUT2D eigenvalue weighted by Crippen LogP contribution is 2.12. The van der Waals surface area contributed by atoms with Crippen molar-refractivity contribution in [2.45, 2.75) is 6.92 Å². The number of Topliss-reactive ketones (excluding diaryl/α,β-unsaturated/α-hetero) is 1. The first-order valence-electron chi connectivity index (χ1n) is 4.71. The molecule has 2 aromatic heterocycles. The first-order valence-corrected chi connectivity index (χ1v) is 6.36. The topological polar surface area (TPSA) is 69.2 Å². The largest absolute Gasteiger partial charge is 0.453 e. The van der Waals surface area contributed by atoms with E-state index in [0.29, 0.717) is 15.4 Å². The monoisotopic (exact) mass is 268 g/mol. The number of thiophene rings is 1. The van der Waals surface area contributed by atoms with E-state index >= 15 is 0 Å². The fourth-order valence-electron chi connectivity index (χ4n) is 1.12. The van der Waals surface area contributed by atoms with Gasteiger partial charge in [-0.05, 0) is 29.9 Å². The number of rotatable bonds is 4. The molecule has 2 rings (SSSR count). The maximum absolute atomic E-state index is 11.6. The van der Waals surface area contributed by atoms with Crippen molar-refractivity contribution in [1.82, 2.24) is 9.59 Å². The van der Waals surface area contributed by atoms with Gasteiger partial charge in [-0.1, -0.05) is 10.6 Å². The Morgan fingerprint density at radius 3 is 2.88 bits per heavy atom. The van der Waals surface area contributed by atoms with Crippen molar-refractivity contribution in [3.8, 4) is 0 Å². The van der Waals surface area contributed by atoms with Gasteiger partial charge in [-0.3, -0.25) is 4.79 Å². The predicted octanol–water partition coefficient (Wildman–Crippen LogP) is 1.95. The number of ether oxygens (including phenoxy) is 1. The summed E-state index contributed by atoms with van der Waals surface area (Å²) in [6.07, 6.45) is 0. The zero-order valence-corrected chi connectivity index (χ0v) is 10.5. The van der Waals surface area contributed by atoms with Crippen molar-refractivity contribution in [1.29, 1.82) is 0 Å². The lowest BCUT2D eigenvalue weighted by molar-refractivity contribution is 0.0479. The van der Waals surface area contributed by atoms with E-state index in [1.54, 1.807) is 24.4 Å². The Balaban J connectivity index is 1.93. The van der Waals surface area contributed by atoms with Crippen molar-refractivity contribution in [3.05, 3.63) is 33.0 Å². The van der Waals surface area contributed by atoms with Gasteiger partial charge >= 0.3 is 5.97 Å². The van der Waals surface area contributed by atoms with E-state index in [1.165, 1.54) is 11.3 Å². The molecule has 0 unspecified atom stereocenters. The Hall–Kier alpha value is -1.60. The van der Waals surface area contributed by atoms with Gasteiger partial charge in [0.25, 0.3) is 0 Å². The van der Waals surface area contributed by atoms with Crippen LogP contribution in [0.15, 0.2) is 17.5 Å². The molecular weight excluding hydrogens is 260 g/mol. The van der Waals surface area contributed by atoms with Gasteiger partial charge in [0.1, 0.15) is 0 Å². The summed E-state index contributed by atoms with van der Waals surface area (Å²) < 4.78 is 8.53. The normalized spacial score (nSPS) is 10.2. The molecule has 0 spiro atoms. The second-order valence-corrected chi connectivity index (χ2v) is 4.87. The van der Waals surface area contributed by atoms with Crippen LogP contribution >= 0.6 is 22.9 Å². The average Bonchev–Trinajstić information content (AvgIpc) is 2.95. The van der Waals surface area contributed by atoms with Crippen molar-refractivity contribution >= 4 is 34.6 Å². The highest BCUT2D eigenvalue weighted by molar-refractivity contribution is 7.12. The van der Waals surface area contributed by atoms with Crippen LogP contribution in [0.4, 0.5) is 0 Å². The molecule has 0 aromatic carbocycles. The molecule has 0 aliphatic carbocycles. The van der Waals surface area contributed by atoms with E-state index in [9.17, 15) is 9.59 Å². The summed E-state index contributed by atoms with van der Waals surface area (Å²) in [5.74, 6) is -0.758. The molecule has 5 nitrogen and oxygen atoms in total. The molecule has 2 aromatic rings. The molecule has 0 atom stereocenters. The summed E-state index contributed by atoms with van der Waals surface area (Å²) in [4.78, 5) is 24.0. The van der Waals surface area contributed by atoms with Crippen LogP contribution in [-0.2, 0) is 4.74 Å². The second kappa shape index (κ2) is 5.15. The van der Waals surface area contributed by atoms with Crippen LogP contribution in [0.3, 0.4) is 0 Å². The van der Waals surface area contributed by atoms with Gasteiger partial charge < -0.3 is 4.74 Å². The van der Waals surface area contributed by atoms with Crippen molar-refractivity contribution in [3.63, 3.8) is 0 Å². The van der Waals surface area contributed by atoms with Crippen molar-refractivity contribution in [2.75, 3.05) is 6.61 Å². The molecule has 0 fully saturated rings. The fraction of sp³-hybridized carbons (Fsp3) is 0.200. The highest BCUT2D eigenvalue weighted by Gasteiger charge is 2.16. The van der Waals surface area contributed by atoms with Crippen LogP contribution < -0.4 is 0 Å². The van der Waals surface area contributed by atoms with Gasteiger partial charge in [0, 0.05) is 0 Å². The van der Waals surface area contributed by atoms with Gasteiger partial charge in [-0.2, -0.15) is 0 Å². The molecule has 7 heteroatoms. The van der Waals surface area contributed by atoms with Gasteiger partial charge in [-0.25, -0.2) is 4.79 Å².